The van der Waals surface area contributed by atoms with E-state index in [1.165, 1.54) is 11.6 Å². The van der Waals surface area contributed by atoms with Crippen molar-refractivity contribution >= 4 is 41.6 Å². The lowest BCUT2D eigenvalue weighted by atomic mass is 9.80. The van der Waals surface area contributed by atoms with E-state index in [0.717, 1.165) is 49.1 Å². The molecule has 5 amide bonds. The first kappa shape index (κ1) is 44.6. The molecule has 1 fully saturated rings. The second kappa shape index (κ2) is 22.0. The lowest BCUT2D eigenvalue weighted by Crippen LogP contribution is -2.62. The number of rotatable bonds is 21. The predicted molar refractivity (Wildman–Crippen MR) is 220 cm³/mol. The minimum atomic E-state index is -1.26. The second-order valence-electron chi connectivity index (χ2n) is 15.9. The van der Waals surface area contributed by atoms with E-state index in [1.807, 2.05) is 18.2 Å². The number of primary amides is 1. The van der Waals surface area contributed by atoms with E-state index in [9.17, 15) is 33.9 Å². The summed E-state index contributed by atoms with van der Waals surface area (Å²) < 4.78 is 6.09. The number of aromatic nitrogens is 1. The molecule has 4 aliphatic rings. The fraction of sp³-hybridized carbons (Fsp3) is 0.558. The number of unbranched alkanes of at least 4 members (excludes halogenated alkanes) is 1. The van der Waals surface area contributed by atoms with Crippen LogP contribution >= 0.6 is 0 Å². The van der Waals surface area contributed by atoms with E-state index in [2.05, 4.69) is 49.9 Å². The molecule has 16 nitrogen and oxygen atoms in total. The number of carboxylic acids is 1. The lowest BCUT2D eigenvalue weighted by molar-refractivity contribution is -0.138. The van der Waals surface area contributed by atoms with Crippen molar-refractivity contribution in [3.63, 3.8) is 0 Å². The molecule has 16 heteroatoms. The maximum atomic E-state index is 14.0. The first-order chi connectivity index (χ1) is 28.4. The highest BCUT2D eigenvalue weighted by molar-refractivity contribution is 5.95. The van der Waals surface area contributed by atoms with Crippen molar-refractivity contribution in [2.45, 2.75) is 140 Å². The number of nitrogens with one attached hydrogen (secondary N) is 6. The molecular weight excluding hydrogens is 757 g/mol. The molecule has 5 atom stereocenters. The summed E-state index contributed by atoms with van der Waals surface area (Å²) in [6, 6.07) is 1.45. The van der Waals surface area contributed by atoms with Crippen molar-refractivity contribution in [2.24, 2.45) is 11.7 Å². The summed E-state index contributed by atoms with van der Waals surface area (Å²) >= 11 is 0. The van der Waals surface area contributed by atoms with Crippen LogP contribution in [0.2, 0.25) is 0 Å². The van der Waals surface area contributed by atoms with Crippen LogP contribution in [0.25, 0.3) is 6.08 Å². The number of hydrogen-bond acceptors (Lipinski definition) is 10. The van der Waals surface area contributed by atoms with Gasteiger partial charge in [-0.15, -0.1) is 0 Å². The molecule has 9 N–H and O–H groups in total. The molecule has 1 aromatic heterocycles. The quantitative estimate of drug-likeness (QED) is 0.0509. The standard InChI is InChI=1S/C43H60N8O8/c1-28-10-7-14-34-38(28)50-42(59-34)47-31-19-16-29(17-20-31)26-36(53)48-32(12-3-6-25-46-35(52)21-18-30-11-9-24-45-27-30)39(56)49-33(13-8-15-37(54)55)40(57)51-43(41(44)58)22-4-2-5-23-43/h9-11,16,18-19,21,24,27,29,31-33,42,47,50H,2-8,12-15,17,20,22-23,25-26H2,1H3,(H2,44,58)(H,46,52)(H,48,53)(H,49,56)(H,51,57)(H,54,55)/b21-18+/t29?,31?,32-,33-,42?/m1/s1. The van der Waals surface area contributed by atoms with E-state index >= 15 is 0 Å². The van der Waals surface area contributed by atoms with E-state index in [0.29, 0.717) is 45.1 Å². The van der Waals surface area contributed by atoms with Gasteiger partial charge in [0.05, 0.1) is 5.70 Å². The summed E-state index contributed by atoms with van der Waals surface area (Å²) in [5, 5.41) is 27.4. The van der Waals surface area contributed by atoms with E-state index in [1.54, 1.807) is 24.5 Å². The number of pyridine rings is 1. The number of carbonyl (C=O) groups is 6. The number of allylic oxidation sites excluding steroid dienone is 4. The maximum Gasteiger partial charge on any atom is 0.303 e. The van der Waals surface area contributed by atoms with E-state index in [-0.39, 0.29) is 62.2 Å². The monoisotopic (exact) mass is 816 g/mol. The Balaban J connectivity index is 1.18. The minimum Gasteiger partial charge on any atom is -0.481 e. The predicted octanol–water partition coefficient (Wildman–Crippen LogP) is 3.08. The zero-order chi connectivity index (χ0) is 42.2. The van der Waals surface area contributed by atoms with Gasteiger partial charge in [-0.2, -0.15) is 0 Å². The zero-order valence-corrected chi connectivity index (χ0v) is 33.9. The Morgan fingerprint density at radius 2 is 1.80 bits per heavy atom. The van der Waals surface area contributed by atoms with Crippen molar-refractivity contribution in [3.05, 3.63) is 71.4 Å². The maximum absolute atomic E-state index is 14.0. The highest BCUT2D eigenvalue weighted by Crippen LogP contribution is 2.30. The van der Waals surface area contributed by atoms with Gasteiger partial charge in [0, 0.05) is 50.3 Å². The molecule has 1 saturated carbocycles. The topological polar surface area (TPSA) is 243 Å². The Labute approximate surface area is 345 Å². The van der Waals surface area contributed by atoms with Gasteiger partial charge < -0.3 is 42.2 Å². The second-order valence-corrected chi connectivity index (χ2v) is 15.9. The van der Waals surface area contributed by atoms with Gasteiger partial charge in [0.25, 0.3) is 0 Å². The average molecular weight is 817 g/mol. The van der Waals surface area contributed by atoms with Crippen LogP contribution in [-0.4, -0.2) is 82.2 Å². The Morgan fingerprint density at radius 3 is 2.49 bits per heavy atom. The molecule has 0 aromatic carbocycles. The molecule has 59 heavy (non-hydrogen) atoms. The minimum absolute atomic E-state index is 0.00351. The van der Waals surface area contributed by atoms with Gasteiger partial charge in [-0.1, -0.05) is 43.6 Å². The van der Waals surface area contributed by atoms with Gasteiger partial charge in [0.1, 0.15) is 23.4 Å². The van der Waals surface area contributed by atoms with Crippen LogP contribution in [0.3, 0.4) is 0 Å². The van der Waals surface area contributed by atoms with Gasteiger partial charge in [-0.3, -0.25) is 39.1 Å². The van der Waals surface area contributed by atoms with Gasteiger partial charge in [0.2, 0.25) is 35.9 Å². The van der Waals surface area contributed by atoms with Crippen LogP contribution in [0.4, 0.5) is 0 Å². The van der Waals surface area contributed by atoms with Crippen LogP contribution in [0.1, 0.15) is 115 Å². The van der Waals surface area contributed by atoms with Gasteiger partial charge in [-0.25, -0.2) is 0 Å². The first-order valence-corrected chi connectivity index (χ1v) is 21.0. The Morgan fingerprint density at radius 1 is 1.02 bits per heavy atom. The van der Waals surface area contributed by atoms with Crippen molar-refractivity contribution < 1.29 is 38.6 Å². The zero-order valence-electron chi connectivity index (χ0n) is 33.9. The highest BCUT2D eigenvalue weighted by atomic mass is 16.5. The molecule has 320 valence electrons. The Hall–Kier alpha value is -5.51. The van der Waals surface area contributed by atoms with Gasteiger partial charge in [0.15, 0.2) is 0 Å². The summed E-state index contributed by atoms with van der Waals surface area (Å²) in [6.45, 7) is 2.39. The number of nitrogens with two attached hydrogens (primary N) is 1. The number of amides is 5. The molecular formula is C43H60N8O8. The van der Waals surface area contributed by atoms with Crippen molar-refractivity contribution in [1.29, 1.82) is 0 Å². The smallest absolute Gasteiger partial charge is 0.303 e. The summed E-state index contributed by atoms with van der Waals surface area (Å²) in [4.78, 5) is 81.5. The molecule has 0 saturated heterocycles. The number of nitrogens with zero attached hydrogens (tertiary/aromatic N) is 1. The molecule has 1 aromatic rings. The van der Waals surface area contributed by atoms with Gasteiger partial charge >= 0.3 is 5.97 Å². The summed E-state index contributed by atoms with van der Waals surface area (Å²) in [5.74, 6) is -2.65. The molecule has 3 aliphatic carbocycles. The van der Waals surface area contributed by atoms with Crippen LogP contribution in [0, 0.1) is 5.92 Å². The fourth-order valence-electron chi connectivity index (χ4n) is 8.00. The summed E-state index contributed by atoms with van der Waals surface area (Å²) in [5.41, 5.74) is 7.52. The summed E-state index contributed by atoms with van der Waals surface area (Å²) in [7, 11) is 0. The molecule has 0 radical (unpaired) electrons. The largest absolute Gasteiger partial charge is 0.481 e. The number of carboxylic acid groups (broad SMARTS) is 1. The third-order valence-electron chi connectivity index (χ3n) is 11.3. The number of aliphatic carboxylic acids is 1. The normalized spacial score (nSPS) is 21.8. The Kier molecular flexibility index (Phi) is 16.6. The number of carbonyl (C=O) groups excluding carboxylic acids is 5. The SMILES string of the molecule is CC1=CCCC2=C1NC(NC1C=CC(CC(=O)N[C@H](CCCCNC(=O)/C=C/c3cccnc3)C(=O)N[C@H](CCCC(=O)O)C(=O)NC3(C(N)=O)CCCCC3)CC1)O2. The van der Waals surface area contributed by atoms with Crippen molar-refractivity contribution in [3.8, 4) is 0 Å². The average Bonchev–Trinajstić information content (AvgIpc) is 3.64. The lowest BCUT2D eigenvalue weighted by Gasteiger charge is -2.36. The molecule has 5 rings (SSSR count). The molecule has 1 aliphatic heterocycles. The van der Waals surface area contributed by atoms with Crippen LogP contribution in [0.15, 0.2) is 65.9 Å². The highest BCUT2D eigenvalue weighted by Gasteiger charge is 2.41. The van der Waals surface area contributed by atoms with E-state index in [4.69, 9.17) is 10.5 Å². The molecule has 2 heterocycles. The van der Waals surface area contributed by atoms with Crippen molar-refractivity contribution in [2.75, 3.05) is 6.54 Å². The van der Waals surface area contributed by atoms with Gasteiger partial charge in [-0.05, 0) is 100 Å². The first-order valence-electron chi connectivity index (χ1n) is 21.0. The Bertz CT molecular complexity index is 1790. The van der Waals surface area contributed by atoms with Crippen molar-refractivity contribution in [1.82, 2.24) is 36.9 Å². The number of hydrogen-bond donors (Lipinski definition) is 8. The van der Waals surface area contributed by atoms with E-state index < -0.39 is 41.3 Å². The third-order valence-corrected chi connectivity index (χ3v) is 11.3. The van der Waals surface area contributed by atoms with Crippen LogP contribution < -0.4 is 37.6 Å². The molecule has 3 unspecified atom stereocenters. The summed E-state index contributed by atoms with van der Waals surface area (Å²) in [6.07, 6.45) is 19.8. The van der Waals surface area contributed by atoms with Crippen LogP contribution in [0.5, 0.6) is 0 Å². The number of ether oxygens (including phenoxy) is 1. The fourth-order valence-corrected chi connectivity index (χ4v) is 8.00. The third kappa shape index (κ3) is 13.8. The van der Waals surface area contributed by atoms with Crippen LogP contribution in [-0.2, 0) is 33.5 Å². The molecule has 0 bridgehead atoms. The molecule has 0 spiro atoms.